The first-order valence-electron chi connectivity index (χ1n) is 6.57. The number of pyridine rings is 1. The van der Waals surface area contributed by atoms with Crippen molar-refractivity contribution in [3.8, 4) is 0 Å². The topological polar surface area (TPSA) is 62.2 Å². The molecule has 4 nitrogen and oxygen atoms in total. The summed E-state index contributed by atoms with van der Waals surface area (Å²) in [7, 11) is 0. The molecule has 1 atom stereocenters. The van der Waals surface area contributed by atoms with Crippen LogP contribution in [0.1, 0.15) is 56.1 Å². The van der Waals surface area contributed by atoms with Crippen molar-refractivity contribution in [2.45, 2.75) is 52.5 Å². The number of carbonyl (C=O) groups is 1. The molecule has 2 N–H and O–H groups in total. The van der Waals surface area contributed by atoms with E-state index in [1.165, 1.54) is 0 Å². The zero-order valence-corrected chi connectivity index (χ0v) is 11.4. The van der Waals surface area contributed by atoms with Crippen molar-refractivity contribution >= 4 is 11.8 Å². The van der Waals surface area contributed by atoms with E-state index in [2.05, 4.69) is 31.1 Å². The minimum absolute atomic E-state index is 0.305. The van der Waals surface area contributed by atoms with E-state index in [4.69, 9.17) is 5.11 Å². The fourth-order valence-electron chi connectivity index (χ4n) is 1.93. The van der Waals surface area contributed by atoms with Gasteiger partial charge in [-0.2, -0.15) is 0 Å². The highest BCUT2D eigenvalue weighted by Crippen LogP contribution is 2.14. The fraction of sp³-hybridized carbons (Fsp3) is 0.571. The van der Waals surface area contributed by atoms with Crippen molar-refractivity contribution in [2.24, 2.45) is 0 Å². The Labute approximate surface area is 108 Å². The highest BCUT2D eigenvalue weighted by molar-refractivity contribution is 5.88. The van der Waals surface area contributed by atoms with Crippen LogP contribution < -0.4 is 5.32 Å². The van der Waals surface area contributed by atoms with Gasteiger partial charge in [0, 0.05) is 11.7 Å². The standard InChI is InChI=1S/C14H22N2O2/c1-4-6-10(3)15-13-9-11(14(17)18)8-12(16-13)7-5-2/h8-10H,4-7H2,1-3H3,(H,15,16)(H,17,18). The number of aryl methyl sites for hydroxylation is 1. The molecular weight excluding hydrogens is 228 g/mol. The van der Waals surface area contributed by atoms with Gasteiger partial charge in [-0.1, -0.05) is 26.7 Å². The zero-order chi connectivity index (χ0) is 13.5. The molecular formula is C14H22N2O2. The molecule has 0 aliphatic rings. The van der Waals surface area contributed by atoms with Crippen molar-refractivity contribution in [2.75, 3.05) is 5.32 Å². The summed E-state index contributed by atoms with van der Waals surface area (Å²) in [5, 5.41) is 12.3. The smallest absolute Gasteiger partial charge is 0.335 e. The van der Waals surface area contributed by atoms with Gasteiger partial charge in [-0.3, -0.25) is 0 Å². The maximum absolute atomic E-state index is 11.1. The summed E-state index contributed by atoms with van der Waals surface area (Å²) >= 11 is 0. The van der Waals surface area contributed by atoms with E-state index in [1.54, 1.807) is 12.1 Å². The SMILES string of the molecule is CCCc1cc(C(=O)O)cc(NC(C)CCC)n1. The van der Waals surface area contributed by atoms with E-state index in [9.17, 15) is 4.79 Å². The van der Waals surface area contributed by atoms with Crippen LogP contribution in [0.25, 0.3) is 0 Å². The van der Waals surface area contributed by atoms with Crippen LogP contribution in [0.4, 0.5) is 5.82 Å². The van der Waals surface area contributed by atoms with Gasteiger partial charge in [-0.05, 0) is 31.9 Å². The largest absolute Gasteiger partial charge is 0.478 e. The van der Waals surface area contributed by atoms with Crippen molar-refractivity contribution in [3.05, 3.63) is 23.4 Å². The molecule has 1 unspecified atom stereocenters. The van der Waals surface area contributed by atoms with Crippen molar-refractivity contribution in [1.29, 1.82) is 0 Å². The zero-order valence-electron chi connectivity index (χ0n) is 11.4. The molecule has 0 aromatic carbocycles. The third-order valence-electron chi connectivity index (χ3n) is 2.75. The van der Waals surface area contributed by atoms with Crippen molar-refractivity contribution in [1.82, 2.24) is 4.98 Å². The Hall–Kier alpha value is -1.58. The van der Waals surface area contributed by atoms with E-state index < -0.39 is 5.97 Å². The molecule has 1 aromatic rings. The number of nitrogens with zero attached hydrogens (tertiary/aromatic N) is 1. The first kappa shape index (κ1) is 14.5. The summed E-state index contributed by atoms with van der Waals surface area (Å²) in [6.45, 7) is 6.27. The van der Waals surface area contributed by atoms with Gasteiger partial charge < -0.3 is 10.4 Å². The molecule has 0 fully saturated rings. The lowest BCUT2D eigenvalue weighted by Gasteiger charge is -2.14. The van der Waals surface area contributed by atoms with E-state index in [-0.39, 0.29) is 0 Å². The molecule has 18 heavy (non-hydrogen) atoms. The number of anilines is 1. The van der Waals surface area contributed by atoms with Crippen LogP contribution >= 0.6 is 0 Å². The maximum Gasteiger partial charge on any atom is 0.335 e. The fourth-order valence-corrected chi connectivity index (χ4v) is 1.93. The van der Waals surface area contributed by atoms with Gasteiger partial charge in [0.25, 0.3) is 0 Å². The molecule has 0 aliphatic carbocycles. The van der Waals surface area contributed by atoms with Crippen LogP contribution in [0.3, 0.4) is 0 Å². The van der Waals surface area contributed by atoms with Crippen LogP contribution in [-0.4, -0.2) is 22.1 Å². The minimum Gasteiger partial charge on any atom is -0.478 e. The Morgan fingerprint density at radius 1 is 1.39 bits per heavy atom. The lowest BCUT2D eigenvalue weighted by atomic mass is 10.1. The molecule has 0 aliphatic heterocycles. The molecule has 0 saturated carbocycles. The minimum atomic E-state index is -0.902. The Morgan fingerprint density at radius 3 is 2.67 bits per heavy atom. The normalized spacial score (nSPS) is 12.2. The van der Waals surface area contributed by atoms with Gasteiger partial charge in [-0.15, -0.1) is 0 Å². The number of aromatic nitrogens is 1. The summed E-state index contributed by atoms with van der Waals surface area (Å²) in [5.74, 6) is -0.236. The second-order valence-corrected chi connectivity index (χ2v) is 4.62. The van der Waals surface area contributed by atoms with Crippen LogP contribution in [0.2, 0.25) is 0 Å². The molecule has 1 rings (SSSR count). The van der Waals surface area contributed by atoms with Crippen LogP contribution in [-0.2, 0) is 6.42 Å². The molecule has 1 aromatic heterocycles. The lowest BCUT2D eigenvalue weighted by molar-refractivity contribution is 0.0696. The van der Waals surface area contributed by atoms with E-state index in [0.29, 0.717) is 17.4 Å². The van der Waals surface area contributed by atoms with Crippen molar-refractivity contribution < 1.29 is 9.90 Å². The molecule has 0 saturated heterocycles. The molecule has 0 amide bonds. The number of carboxylic acid groups (broad SMARTS) is 1. The maximum atomic E-state index is 11.1. The Morgan fingerprint density at radius 2 is 2.11 bits per heavy atom. The van der Waals surface area contributed by atoms with Gasteiger partial charge in [0.2, 0.25) is 0 Å². The molecule has 100 valence electrons. The molecule has 0 bridgehead atoms. The summed E-state index contributed by atoms with van der Waals surface area (Å²) in [4.78, 5) is 15.5. The number of aromatic carboxylic acids is 1. The Kier molecular flexibility index (Phi) is 5.62. The molecule has 0 spiro atoms. The number of nitrogens with one attached hydrogen (secondary N) is 1. The van der Waals surface area contributed by atoms with Crippen LogP contribution in [0.15, 0.2) is 12.1 Å². The Bertz CT molecular complexity index is 405. The van der Waals surface area contributed by atoms with Gasteiger partial charge in [-0.25, -0.2) is 9.78 Å². The van der Waals surface area contributed by atoms with E-state index >= 15 is 0 Å². The van der Waals surface area contributed by atoms with Gasteiger partial charge in [0.1, 0.15) is 5.82 Å². The van der Waals surface area contributed by atoms with Crippen molar-refractivity contribution in [3.63, 3.8) is 0 Å². The summed E-state index contributed by atoms with van der Waals surface area (Å²) in [6.07, 6.45) is 3.90. The molecule has 0 radical (unpaired) electrons. The predicted molar refractivity (Wildman–Crippen MR) is 73.2 cm³/mol. The average Bonchev–Trinajstić information content (AvgIpc) is 2.29. The lowest BCUT2D eigenvalue weighted by Crippen LogP contribution is -2.16. The third-order valence-corrected chi connectivity index (χ3v) is 2.75. The number of rotatable bonds is 7. The number of hydrogen-bond acceptors (Lipinski definition) is 3. The van der Waals surface area contributed by atoms with Crippen LogP contribution in [0, 0.1) is 0 Å². The monoisotopic (exact) mass is 250 g/mol. The van der Waals surface area contributed by atoms with E-state index in [0.717, 1.165) is 31.4 Å². The Balaban J connectivity index is 2.91. The average molecular weight is 250 g/mol. The number of carboxylic acids is 1. The van der Waals surface area contributed by atoms with Gasteiger partial charge in [0.05, 0.1) is 5.56 Å². The third kappa shape index (κ3) is 4.35. The first-order chi connectivity index (χ1) is 8.56. The highest BCUT2D eigenvalue weighted by Gasteiger charge is 2.09. The van der Waals surface area contributed by atoms with Gasteiger partial charge >= 0.3 is 5.97 Å². The number of hydrogen-bond donors (Lipinski definition) is 2. The summed E-state index contributed by atoms with van der Waals surface area (Å²) in [6, 6.07) is 3.57. The first-order valence-corrected chi connectivity index (χ1v) is 6.57. The second-order valence-electron chi connectivity index (χ2n) is 4.62. The summed E-state index contributed by atoms with van der Waals surface area (Å²) in [5.41, 5.74) is 1.14. The highest BCUT2D eigenvalue weighted by atomic mass is 16.4. The van der Waals surface area contributed by atoms with Gasteiger partial charge in [0.15, 0.2) is 0 Å². The van der Waals surface area contributed by atoms with Crippen LogP contribution in [0.5, 0.6) is 0 Å². The second kappa shape index (κ2) is 6.99. The molecule has 4 heteroatoms. The molecule has 1 heterocycles. The van der Waals surface area contributed by atoms with E-state index in [1.807, 2.05) is 0 Å². The predicted octanol–water partition coefficient (Wildman–Crippen LogP) is 3.33. The quantitative estimate of drug-likeness (QED) is 0.779. The summed E-state index contributed by atoms with van der Waals surface area (Å²) < 4.78 is 0.